The van der Waals surface area contributed by atoms with Gasteiger partial charge in [0.1, 0.15) is 35.1 Å². The summed E-state index contributed by atoms with van der Waals surface area (Å²) in [6.45, 7) is 11.4. The van der Waals surface area contributed by atoms with Gasteiger partial charge >= 0.3 is 15.6 Å². The molecule has 0 spiro atoms. The zero-order chi connectivity index (χ0) is 38.2. The van der Waals surface area contributed by atoms with Crippen LogP contribution in [0.5, 0.6) is 17.2 Å². The molecule has 0 aromatic heterocycles. The van der Waals surface area contributed by atoms with E-state index < -0.39 is 37.1 Å². The van der Waals surface area contributed by atoms with E-state index in [0.717, 1.165) is 27.1 Å². The maximum atomic E-state index is 14.2. The Balaban J connectivity index is 1.45. The molecular weight excluding hydrogens is 722 g/mol. The summed E-state index contributed by atoms with van der Waals surface area (Å²) in [5.41, 5.74) is -5.85. The summed E-state index contributed by atoms with van der Waals surface area (Å²) in [4.78, 5) is 0.600. The Labute approximate surface area is 310 Å². The summed E-state index contributed by atoms with van der Waals surface area (Å²) in [6, 6.07) is 37.1. The maximum Gasteiger partial charge on any atom is 0.524 e. The molecule has 53 heavy (non-hydrogen) atoms. The van der Waals surface area contributed by atoms with Crippen LogP contribution in [0.15, 0.2) is 142 Å². The molecule has 0 atom stereocenters. The fraction of sp³-hybridized carbons (Fsp3) is 0.238. The van der Waals surface area contributed by atoms with Crippen LogP contribution >= 0.6 is 10.3 Å². The molecule has 0 fully saturated rings. The molecule has 0 heterocycles. The van der Waals surface area contributed by atoms with E-state index in [1.807, 2.05) is 77.9 Å². The highest BCUT2D eigenvalue weighted by molar-refractivity contribution is 8.33. The first-order valence-corrected chi connectivity index (χ1v) is 19.9. The Bertz CT molecular complexity index is 2270. The fourth-order valence-electron chi connectivity index (χ4n) is 5.94. The molecular formula is C42H41F3O6S2. The van der Waals surface area contributed by atoms with Crippen molar-refractivity contribution in [1.82, 2.24) is 0 Å². The van der Waals surface area contributed by atoms with Gasteiger partial charge in [-0.25, -0.2) is 0 Å². The van der Waals surface area contributed by atoms with Gasteiger partial charge in [-0.15, -0.1) is 0 Å². The predicted molar refractivity (Wildman–Crippen MR) is 204 cm³/mol. The molecule has 6 aromatic rings. The monoisotopic (exact) mass is 762 g/mol. The summed E-state index contributed by atoms with van der Waals surface area (Å²) >= 11 is 0. The predicted octanol–water partition coefficient (Wildman–Crippen LogP) is 12.0. The first kappa shape index (κ1) is 38.0. The second-order valence-electron chi connectivity index (χ2n) is 14.5. The van der Waals surface area contributed by atoms with Gasteiger partial charge in [-0.05, 0) is 158 Å². The first-order valence-electron chi connectivity index (χ1n) is 16.9. The van der Waals surface area contributed by atoms with Gasteiger partial charge in [0.15, 0.2) is 0 Å². The van der Waals surface area contributed by atoms with E-state index in [2.05, 4.69) is 18.2 Å². The van der Waals surface area contributed by atoms with Crippen LogP contribution < -0.4 is 14.2 Å². The lowest BCUT2D eigenvalue weighted by atomic mass is 9.98. The van der Waals surface area contributed by atoms with Gasteiger partial charge in [0, 0.05) is 14.7 Å². The molecule has 0 saturated heterocycles. The minimum Gasteiger partial charge on any atom is -0.489 e. The van der Waals surface area contributed by atoms with E-state index in [1.54, 1.807) is 48.5 Å². The second-order valence-corrected chi connectivity index (χ2v) is 18.9. The Morgan fingerprint density at radius 3 is 1.40 bits per heavy atom. The third-order valence-corrected chi connectivity index (χ3v) is 12.9. The summed E-state index contributed by atoms with van der Waals surface area (Å²) in [7, 11) is -9.74. The van der Waals surface area contributed by atoms with Gasteiger partial charge in [-0.2, -0.15) is 25.2 Å². The van der Waals surface area contributed by atoms with Crippen molar-refractivity contribution >= 4 is 42.0 Å². The third kappa shape index (κ3) is 8.43. The minimum atomic E-state index is -6.13. The summed E-state index contributed by atoms with van der Waals surface area (Å²) in [5, 5.41) is 4.32. The van der Waals surface area contributed by atoms with E-state index in [-0.39, 0.29) is 21.3 Å². The van der Waals surface area contributed by atoms with Crippen molar-refractivity contribution in [1.29, 1.82) is 0 Å². The number of halogens is 3. The normalized spacial score (nSPS) is 13.2. The number of hydrogen-bond acceptors (Lipinski definition) is 6. The van der Waals surface area contributed by atoms with Crippen LogP contribution in [0.4, 0.5) is 13.2 Å². The van der Waals surface area contributed by atoms with Crippen molar-refractivity contribution in [3.8, 4) is 17.2 Å². The highest BCUT2D eigenvalue weighted by atomic mass is 32.3. The molecule has 6 aromatic carbocycles. The lowest BCUT2D eigenvalue weighted by Crippen LogP contribution is -2.27. The molecule has 0 amide bonds. The van der Waals surface area contributed by atoms with Crippen LogP contribution in [0.25, 0.3) is 21.5 Å². The Morgan fingerprint density at radius 1 is 0.528 bits per heavy atom. The van der Waals surface area contributed by atoms with Crippen LogP contribution in [-0.2, 0) is 20.4 Å². The van der Waals surface area contributed by atoms with Gasteiger partial charge in [-0.1, -0.05) is 48.5 Å². The highest BCUT2D eigenvalue weighted by Gasteiger charge is 2.52. The summed E-state index contributed by atoms with van der Waals surface area (Å²) in [6.07, 6.45) is 0. The number of ether oxygens (including phenoxy) is 3. The van der Waals surface area contributed by atoms with Crippen molar-refractivity contribution in [2.75, 3.05) is 0 Å². The topological polar surface area (TPSA) is 71.1 Å². The molecule has 6 nitrogen and oxygen atoms in total. The Hall–Kier alpha value is -4.71. The number of rotatable bonds is 10. The Kier molecular flexibility index (Phi) is 10.2. The Morgan fingerprint density at radius 2 is 0.943 bits per heavy atom. The molecule has 6 rings (SSSR count). The average Bonchev–Trinajstić information content (AvgIpc) is 3.09. The van der Waals surface area contributed by atoms with Crippen LogP contribution in [-0.4, -0.2) is 25.1 Å². The van der Waals surface area contributed by atoms with E-state index in [4.69, 9.17) is 17.8 Å². The van der Waals surface area contributed by atoms with E-state index in [1.165, 1.54) is 24.3 Å². The number of hydrogen-bond donors (Lipinski definition) is 0. The van der Waals surface area contributed by atoms with Gasteiger partial charge in [-0.3, -0.25) is 0 Å². The molecule has 0 aliphatic carbocycles. The van der Waals surface area contributed by atoms with Crippen LogP contribution in [0, 0.1) is 0 Å². The van der Waals surface area contributed by atoms with Crippen molar-refractivity contribution in [3.63, 3.8) is 0 Å². The SMILES string of the molecule is CC(C)(C)Oc1ccc(S(OS(=O)(=O)C(F)(F)F)(c2ccc(OCc3cc4ccccc4c4ccccc34)cc2)c2ccc(OC(C)(C)C)cc2)cc1. The molecule has 0 radical (unpaired) electrons. The van der Waals surface area contributed by atoms with Crippen LogP contribution in [0.2, 0.25) is 0 Å². The fourth-order valence-corrected chi connectivity index (χ4v) is 10.6. The van der Waals surface area contributed by atoms with Crippen molar-refractivity contribution in [2.45, 2.75) is 79.5 Å². The zero-order valence-corrected chi connectivity index (χ0v) is 31.9. The van der Waals surface area contributed by atoms with E-state index >= 15 is 0 Å². The summed E-state index contributed by atoms with van der Waals surface area (Å²) in [5.74, 6) is 1.33. The molecule has 0 aliphatic heterocycles. The lowest BCUT2D eigenvalue weighted by Gasteiger charge is -2.39. The van der Waals surface area contributed by atoms with Gasteiger partial charge < -0.3 is 14.2 Å². The van der Waals surface area contributed by atoms with Crippen LogP contribution in [0.1, 0.15) is 47.1 Å². The zero-order valence-electron chi connectivity index (χ0n) is 30.2. The molecule has 0 bridgehead atoms. The van der Waals surface area contributed by atoms with Crippen LogP contribution in [0.3, 0.4) is 0 Å². The van der Waals surface area contributed by atoms with Crippen molar-refractivity contribution in [3.05, 3.63) is 133 Å². The average molecular weight is 763 g/mol. The summed E-state index contributed by atoms with van der Waals surface area (Å²) < 4.78 is 92.3. The van der Waals surface area contributed by atoms with Gasteiger partial charge in [0.05, 0.1) is 0 Å². The number of alkyl halides is 3. The molecule has 11 heteroatoms. The molecule has 0 N–H and O–H groups in total. The maximum absolute atomic E-state index is 14.2. The lowest BCUT2D eigenvalue weighted by molar-refractivity contribution is -0.0496. The molecule has 278 valence electrons. The van der Waals surface area contributed by atoms with E-state index in [0.29, 0.717) is 17.2 Å². The highest BCUT2D eigenvalue weighted by Crippen LogP contribution is 2.71. The van der Waals surface area contributed by atoms with Gasteiger partial charge in [0.2, 0.25) is 0 Å². The number of benzene rings is 6. The second kappa shape index (κ2) is 14.3. The quantitative estimate of drug-likeness (QED) is 0.102. The molecule has 0 aliphatic rings. The van der Waals surface area contributed by atoms with Crippen molar-refractivity contribution in [2.24, 2.45) is 0 Å². The van der Waals surface area contributed by atoms with Crippen molar-refractivity contribution < 1.29 is 39.4 Å². The minimum absolute atomic E-state index is 0.197. The largest absolute Gasteiger partial charge is 0.524 e. The van der Waals surface area contributed by atoms with Gasteiger partial charge in [0.25, 0.3) is 0 Å². The molecule has 0 unspecified atom stereocenters. The third-order valence-electron chi connectivity index (χ3n) is 8.04. The number of fused-ring (bicyclic) bond motifs is 3. The molecule has 0 saturated carbocycles. The standard InChI is InChI=1S/C42H41F3O6S2/c1-40(2,3)49-32-17-23-35(24-18-32)52(51-53(46,47)42(43,44)45,36-25-19-33(20-26-36)50-41(4,5)6)34-21-15-31(16-22-34)48-28-30-27-29-11-7-8-12-37(29)39-14-10-9-13-38(30)39/h7-27H,28H2,1-6H3. The van der Waals surface area contributed by atoms with E-state index in [9.17, 15) is 21.6 Å². The smallest absolute Gasteiger partial charge is 0.489 e. The first-order chi connectivity index (χ1) is 24.8.